The maximum absolute atomic E-state index is 12.5. The number of nitrogens with zero attached hydrogens (tertiary/aromatic N) is 4. The second-order valence-electron chi connectivity index (χ2n) is 2.97. The maximum Gasteiger partial charge on any atom is 0.433 e. The van der Waals surface area contributed by atoms with Crippen LogP contribution in [0.5, 0.6) is 0 Å². The van der Waals surface area contributed by atoms with Gasteiger partial charge in [0.25, 0.3) is 0 Å². The molecule has 9 heteroatoms. The lowest BCUT2D eigenvalue weighted by molar-refractivity contribution is -0.141. The fraction of sp³-hybridized carbons (Fsp3) is 0.111. The highest BCUT2D eigenvalue weighted by atomic mass is 32.2. The normalized spacial score (nSPS) is 11.2. The minimum absolute atomic E-state index is 0.0240. The first-order chi connectivity index (χ1) is 8.50. The summed E-state index contributed by atoms with van der Waals surface area (Å²) in [6.45, 7) is 0. The molecular formula is C9H3F3N4S2. The lowest BCUT2D eigenvalue weighted by atomic mass is 10.2. The van der Waals surface area contributed by atoms with E-state index in [4.69, 9.17) is 5.26 Å². The summed E-state index contributed by atoms with van der Waals surface area (Å²) in [6, 6.07) is 3.67. The molecule has 0 fully saturated rings. The van der Waals surface area contributed by atoms with E-state index in [0.29, 0.717) is 4.34 Å². The van der Waals surface area contributed by atoms with Crippen molar-refractivity contribution in [2.45, 2.75) is 15.5 Å². The molecule has 0 amide bonds. The number of rotatable bonds is 2. The van der Waals surface area contributed by atoms with Crippen LogP contribution in [0.2, 0.25) is 0 Å². The molecule has 2 aromatic heterocycles. The SMILES string of the molecule is N#Cc1ccc(C(F)(F)F)nc1Sc1nncs1. The molecule has 0 saturated carbocycles. The fourth-order valence-corrected chi connectivity index (χ4v) is 2.51. The van der Waals surface area contributed by atoms with E-state index in [-0.39, 0.29) is 10.6 Å². The van der Waals surface area contributed by atoms with Crippen molar-refractivity contribution in [3.05, 3.63) is 28.9 Å². The predicted octanol–water partition coefficient (Wildman–Crippen LogP) is 2.97. The first-order valence-electron chi connectivity index (χ1n) is 4.43. The summed E-state index contributed by atoms with van der Waals surface area (Å²) in [5, 5.41) is 16.0. The number of aromatic nitrogens is 3. The Bertz CT molecular complexity index is 589. The Kier molecular flexibility index (Phi) is 3.49. The van der Waals surface area contributed by atoms with Crippen LogP contribution >= 0.6 is 23.1 Å². The molecule has 0 spiro atoms. The zero-order chi connectivity index (χ0) is 13.2. The minimum Gasteiger partial charge on any atom is -0.235 e. The van der Waals surface area contributed by atoms with E-state index < -0.39 is 11.9 Å². The predicted molar refractivity (Wildman–Crippen MR) is 58.0 cm³/mol. The van der Waals surface area contributed by atoms with Gasteiger partial charge in [0, 0.05) is 0 Å². The molecule has 0 saturated heterocycles. The van der Waals surface area contributed by atoms with Crippen molar-refractivity contribution in [3.63, 3.8) is 0 Å². The quantitative estimate of drug-likeness (QED) is 0.850. The van der Waals surface area contributed by atoms with E-state index in [9.17, 15) is 13.2 Å². The fourth-order valence-electron chi connectivity index (χ4n) is 1.05. The third-order valence-electron chi connectivity index (χ3n) is 1.80. The van der Waals surface area contributed by atoms with Crippen molar-refractivity contribution in [1.29, 1.82) is 5.26 Å². The van der Waals surface area contributed by atoms with Crippen LogP contribution in [0.4, 0.5) is 13.2 Å². The van der Waals surface area contributed by atoms with Gasteiger partial charge in [0.05, 0.1) is 5.56 Å². The summed E-state index contributed by atoms with van der Waals surface area (Å²) in [7, 11) is 0. The largest absolute Gasteiger partial charge is 0.433 e. The van der Waals surface area contributed by atoms with E-state index in [1.165, 1.54) is 5.51 Å². The van der Waals surface area contributed by atoms with Gasteiger partial charge in [0.2, 0.25) is 0 Å². The van der Waals surface area contributed by atoms with Crippen LogP contribution in [0.1, 0.15) is 11.3 Å². The van der Waals surface area contributed by atoms with Gasteiger partial charge in [-0.25, -0.2) is 4.98 Å². The Balaban J connectivity index is 2.41. The van der Waals surface area contributed by atoms with Gasteiger partial charge < -0.3 is 0 Å². The van der Waals surface area contributed by atoms with Gasteiger partial charge in [-0.05, 0) is 23.9 Å². The molecule has 0 aromatic carbocycles. The van der Waals surface area contributed by atoms with Gasteiger partial charge in [-0.15, -0.1) is 10.2 Å². The lowest BCUT2D eigenvalue weighted by Gasteiger charge is -2.07. The van der Waals surface area contributed by atoms with Gasteiger partial charge in [-0.3, -0.25) is 0 Å². The monoisotopic (exact) mass is 288 g/mol. The molecular weight excluding hydrogens is 285 g/mol. The number of alkyl halides is 3. The molecule has 0 aliphatic carbocycles. The molecule has 0 aliphatic heterocycles. The molecule has 0 unspecified atom stereocenters. The van der Waals surface area contributed by atoms with Gasteiger partial charge >= 0.3 is 6.18 Å². The highest BCUT2D eigenvalue weighted by molar-refractivity contribution is 8.01. The first kappa shape index (κ1) is 12.8. The lowest BCUT2D eigenvalue weighted by Crippen LogP contribution is -2.08. The van der Waals surface area contributed by atoms with E-state index in [1.807, 2.05) is 0 Å². The third-order valence-corrected chi connectivity index (χ3v) is 3.58. The van der Waals surface area contributed by atoms with E-state index >= 15 is 0 Å². The maximum atomic E-state index is 12.5. The molecule has 4 nitrogen and oxygen atoms in total. The Hall–Kier alpha value is -1.66. The Labute approximate surface area is 107 Å². The number of hydrogen-bond acceptors (Lipinski definition) is 6. The standard InChI is InChI=1S/C9H3F3N4S2/c10-9(11,12)6-2-1-5(3-13)7(15-6)18-8-16-14-4-17-8/h1-2,4H. The van der Waals surface area contributed by atoms with E-state index in [1.54, 1.807) is 6.07 Å². The second-order valence-corrected chi connectivity index (χ2v) is 5.03. The van der Waals surface area contributed by atoms with Crippen LogP contribution < -0.4 is 0 Å². The smallest absolute Gasteiger partial charge is 0.235 e. The van der Waals surface area contributed by atoms with Crippen LogP contribution in [0.25, 0.3) is 0 Å². The van der Waals surface area contributed by atoms with Crippen LogP contribution in [-0.2, 0) is 6.18 Å². The summed E-state index contributed by atoms with van der Waals surface area (Å²) in [4.78, 5) is 3.44. The van der Waals surface area contributed by atoms with Crippen molar-refractivity contribution in [2.75, 3.05) is 0 Å². The summed E-state index contributed by atoms with van der Waals surface area (Å²) >= 11 is 2.05. The summed E-state index contributed by atoms with van der Waals surface area (Å²) < 4.78 is 37.9. The number of halogens is 3. The van der Waals surface area contributed by atoms with Crippen LogP contribution in [0.3, 0.4) is 0 Å². The Morgan fingerprint density at radius 2 is 2.11 bits per heavy atom. The molecule has 18 heavy (non-hydrogen) atoms. The van der Waals surface area contributed by atoms with Crippen LogP contribution in [-0.4, -0.2) is 15.2 Å². The van der Waals surface area contributed by atoms with Gasteiger partial charge in [-0.1, -0.05) is 11.3 Å². The summed E-state index contributed by atoms with van der Waals surface area (Å²) in [5.74, 6) is 0. The number of pyridine rings is 1. The Morgan fingerprint density at radius 3 is 2.67 bits per heavy atom. The summed E-state index contributed by atoms with van der Waals surface area (Å²) in [5.41, 5.74) is 0.485. The van der Waals surface area contributed by atoms with Crippen molar-refractivity contribution in [3.8, 4) is 6.07 Å². The van der Waals surface area contributed by atoms with E-state index in [0.717, 1.165) is 35.2 Å². The van der Waals surface area contributed by atoms with Gasteiger partial charge in [0.15, 0.2) is 4.34 Å². The zero-order valence-corrected chi connectivity index (χ0v) is 10.1. The molecule has 2 rings (SSSR count). The van der Waals surface area contributed by atoms with Crippen molar-refractivity contribution < 1.29 is 13.2 Å². The highest BCUT2D eigenvalue weighted by Gasteiger charge is 2.33. The van der Waals surface area contributed by atoms with Crippen molar-refractivity contribution in [1.82, 2.24) is 15.2 Å². The zero-order valence-electron chi connectivity index (χ0n) is 8.47. The molecule has 2 aromatic rings. The molecule has 0 atom stereocenters. The van der Waals surface area contributed by atoms with Gasteiger partial charge in [0.1, 0.15) is 22.3 Å². The average Bonchev–Trinajstić information content (AvgIpc) is 2.80. The number of hydrogen-bond donors (Lipinski definition) is 0. The minimum atomic E-state index is -4.54. The third kappa shape index (κ3) is 2.77. The average molecular weight is 288 g/mol. The van der Waals surface area contributed by atoms with Crippen molar-refractivity contribution >= 4 is 23.1 Å². The molecule has 92 valence electrons. The van der Waals surface area contributed by atoms with E-state index in [2.05, 4.69) is 15.2 Å². The second kappa shape index (κ2) is 4.91. The Morgan fingerprint density at radius 1 is 1.33 bits per heavy atom. The summed E-state index contributed by atoms with van der Waals surface area (Å²) in [6.07, 6.45) is -4.54. The molecule has 2 heterocycles. The van der Waals surface area contributed by atoms with Crippen LogP contribution in [0.15, 0.2) is 27.0 Å². The highest BCUT2D eigenvalue weighted by Crippen LogP contribution is 2.33. The van der Waals surface area contributed by atoms with Crippen molar-refractivity contribution in [2.24, 2.45) is 0 Å². The molecule has 0 N–H and O–H groups in total. The topological polar surface area (TPSA) is 62.5 Å². The van der Waals surface area contributed by atoms with Gasteiger partial charge in [-0.2, -0.15) is 18.4 Å². The number of nitriles is 1. The van der Waals surface area contributed by atoms with Crippen LogP contribution in [0, 0.1) is 11.3 Å². The molecule has 0 aliphatic rings. The molecule has 0 radical (unpaired) electrons. The first-order valence-corrected chi connectivity index (χ1v) is 6.12. The molecule has 0 bridgehead atoms.